The average Bonchev–Trinajstić information content (AvgIpc) is 3.09. The zero-order valence-corrected chi connectivity index (χ0v) is 15.9. The molecule has 0 aliphatic rings. The molecular formula is C18H22N4O3S. The van der Waals surface area contributed by atoms with Gasteiger partial charge in [-0.25, -0.2) is 4.98 Å². The second-order valence-electron chi connectivity index (χ2n) is 7.00. The summed E-state index contributed by atoms with van der Waals surface area (Å²) in [5, 5.41) is 14.3. The summed E-state index contributed by atoms with van der Waals surface area (Å²) in [5.74, 6) is 1.59. The van der Waals surface area contributed by atoms with Gasteiger partial charge in [0.1, 0.15) is 0 Å². The molecule has 8 heteroatoms. The van der Waals surface area contributed by atoms with Crippen LogP contribution < -0.4 is 5.56 Å². The van der Waals surface area contributed by atoms with Crippen molar-refractivity contribution < 1.29 is 9.63 Å². The van der Waals surface area contributed by atoms with Crippen molar-refractivity contribution in [3.05, 3.63) is 46.3 Å². The van der Waals surface area contributed by atoms with Gasteiger partial charge in [-0.2, -0.15) is 4.98 Å². The Balaban J connectivity index is 1.90. The van der Waals surface area contributed by atoms with Crippen LogP contribution in [0.25, 0.3) is 10.9 Å². The Hall–Kier alpha value is -2.19. The Bertz CT molecular complexity index is 959. The van der Waals surface area contributed by atoms with E-state index < -0.39 is 0 Å². The van der Waals surface area contributed by atoms with Crippen LogP contribution in [0.15, 0.2) is 38.7 Å². The fourth-order valence-electron chi connectivity index (χ4n) is 2.43. The molecule has 0 fully saturated rings. The SMILES string of the molecule is CC(C)(C)c1nc(CSc2nc3ccccc3c(=O)n2CCCO)no1. The Morgan fingerprint density at radius 2 is 2.00 bits per heavy atom. The standard InChI is InChI=1S/C18H22N4O3S/c1-18(2,3)16-20-14(21-25-16)11-26-17-19-13-8-5-4-7-12(13)15(24)22(17)9-6-10-23/h4-5,7-8,23H,6,9-11H2,1-3H3. The lowest BCUT2D eigenvalue weighted by Gasteiger charge is -2.12. The summed E-state index contributed by atoms with van der Waals surface area (Å²) in [6.07, 6.45) is 0.490. The van der Waals surface area contributed by atoms with Crippen LogP contribution in [-0.2, 0) is 17.7 Å². The average molecular weight is 374 g/mol. The van der Waals surface area contributed by atoms with Gasteiger partial charge in [-0.15, -0.1) is 0 Å². The van der Waals surface area contributed by atoms with Gasteiger partial charge in [0, 0.05) is 18.6 Å². The highest BCUT2D eigenvalue weighted by Gasteiger charge is 2.22. The van der Waals surface area contributed by atoms with Crippen LogP contribution in [0.4, 0.5) is 0 Å². The monoisotopic (exact) mass is 374 g/mol. The number of fused-ring (bicyclic) bond motifs is 1. The molecule has 0 saturated heterocycles. The second-order valence-corrected chi connectivity index (χ2v) is 7.94. The number of hydrogen-bond acceptors (Lipinski definition) is 7. The van der Waals surface area contributed by atoms with Crippen LogP contribution in [0, 0.1) is 0 Å². The molecule has 138 valence electrons. The number of aliphatic hydroxyl groups is 1. The molecule has 2 aromatic heterocycles. The molecule has 0 bridgehead atoms. The largest absolute Gasteiger partial charge is 0.396 e. The topological polar surface area (TPSA) is 94.0 Å². The molecule has 26 heavy (non-hydrogen) atoms. The van der Waals surface area contributed by atoms with Crippen molar-refractivity contribution >= 4 is 22.7 Å². The van der Waals surface area contributed by atoms with Crippen molar-refractivity contribution in [1.82, 2.24) is 19.7 Å². The summed E-state index contributed by atoms with van der Waals surface area (Å²) in [6, 6.07) is 7.27. The zero-order valence-electron chi connectivity index (χ0n) is 15.1. The van der Waals surface area contributed by atoms with Gasteiger partial charge in [0.15, 0.2) is 11.0 Å². The maximum Gasteiger partial charge on any atom is 0.262 e. The third-order valence-corrected chi connectivity index (χ3v) is 4.78. The van der Waals surface area contributed by atoms with Crippen LogP contribution in [0.5, 0.6) is 0 Å². The van der Waals surface area contributed by atoms with Crippen LogP contribution in [0.3, 0.4) is 0 Å². The molecular weight excluding hydrogens is 352 g/mol. The van der Waals surface area contributed by atoms with Crippen LogP contribution in [-0.4, -0.2) is 31.4 Å². The van der Waals surface area contributed by atoms with E-state index in [9.17, 15) is 4.79 Å². The first-order valence-electron chi connectivity index (χ1n) is 8.46. The number of nitrogens with zero attached hydrogens (tertiary/aromatic N) is 4. The van der Waals surface area contributed by atoms with E-state index in [2.05, 4.69) is 15.1 Å². The lowest BCUT2D eigenvalue weighted by atomic mass is 9.97. The molecule has 1 N–H and O–H groups in total. The van der Waals surface area contributed by atoms with E-state index in [-0.39, 0.29) is 17.6 Å². The summed E-state index contributed by atoms with van der Waals surface area (Å²) in [5.41, 5.74) is 0.346. The predicted molar refractivity (Wildman–Crippen MR) is 100 cm³/mol. The molecule has 7 nitrogen and oxygen atoms in total. The van der Waals surface area contributed by atoms with Crippen LogP contribution >= 0.6 is 11.8 Å². The first kappa shape index (κ1) is 18.6. The van der Waals surface area contributed by atoms with E-state index in [0.717, 1.165) is 0 Å². The van der Waals surface area contributed by atoms with E-state index >= 15 is 0 Å². The minimum absolute atomic E-state index is 0.0170. The molecule has 3 rings (SSSR count). The third-order valence-electron chi connectivity index (χ3n) is 3.81. The van der Waals surface area contributed by atoms with Gasteiger partial charge in [-0.3, -0.25) is 9.36 Å². The van der Waals surface area contributed by atoms with Crippen molar-refractivity contribution in [2.24, 2.45) is 0 Å². The van der Waals surface area contributed by atoms with Gasteiger partial charge in [0.2, 0.25) is 5.89 Å². The highest BCUT2D eigenvalue weighted by atomic mass is 32.2. The van der Waals surface area contributed by atoms with Crippen LogP contribution in [0.1, 0.15) is 38.9 Å². The van der Waals surface area contributed by atoms with Crippen molar-refractivity contribution in [1.29, 1.82) is 0 Å². The number of hydrogen-bond donors (Lipinski definition) is 1. The third kappa shape index (κ3) is 3.96. The minimum atomic E-state index is -0.208. The molecule has 0 unspecified atom stereocenters. The number of thioether (sulfide) groups is 1. The summed E-state index contributed by atoms with van der Waals surface area (Å²) in [6.45, 7) is 6.46. The molecule has 0 amide bonds. The smallest absolute Gasteiger partial charge is 0.262 e. The predicted octanol–water partition coefficient (Wildman–Crippen LogP) is 2.75. The Kier molecular flexibility index (Phi) is 5.43. The van der Waals surface area contributed by atoms with E-state index in [1.54, 1.807) is 10.6 Å². The van der Waals surface area contributed by atoms with Crippen LogP contribution in [0.2, 0.25) is 0 Å². The molecule has 0 radical (unpaired) electrons. The van der Waals surface area contributed by atoms with E-state index in [4.69, 9.17) is 9.63 Å². The fraction of sp³-hybridized carbons (Fsp3) is 0.444. The lowest BCUT2D eigenvalue weighted by Crippen LogP contribution is -2.24. The molecule has 3 aromatic rings. The molecule has 0 saturated carbocycles. The Labute approximate surface area is 155 Å². The lowest BCUT2D eigenvalue weighted by molar-refractivity contribution is 0.276. The molecule has 0 aliphatic heterocycles. The number of para-hydroxylation sites is 1. The molecule has 2 heterocycles. The van der Waals surface area contributed by atoms with Crippen molar-refractivity contribution in [3.63, 3.8) is 0 Å². The minimum Gasteiger partial charge on any atom is -0.396 e. The summed E-state index contributed by atoms with van der Waals surface area (Å²) in [4.78, 5) is 21.8. The van der Waals surface area contributed by atoms with E-state index in [1.165, 1.54) is 11.8 Å². The summed E-state index contributed by atoms with van der Waals surface area (Å²) in [7, 11) is 0. The molecule has 0 aliphatic carbocycles. The summed E-state index contributed by atoms with van der Waals surface area (Å²) >= 11 is 1.39. The number of benzene rings is 1. The highest BCUT2D eigenvalue weighted by molar-refractivity contribution is 7.98. The van der Waals surface area contributed by atoms with Crippen molar-refractivity contribution in [2.45, 2.75) is 50.1 Å². The van der Waals surface area contributed by atoms with Gasteiger partial charge in [-0.05, 0) is 18.6 Å². The summed E-state index contributed by atoms with van der Waals surface area (Å²) < 4.78 is 6.92. The van der Waals surface area contributed by atoms with Gasteiger partial charge in [-0.1, -0.05) is 49.8 Å². The van der Waals surface area contributed by atoms with E-state index in [1.807, 2.05) is 39.0 Å². The quantitative estimate of drug-likeness (QED) is 0.524. The number of aromatic nitrogens is 4. The van der Waals surface area contributed by atoms with Crippen molar-refractivity contribution in [3.8, 4) is 0 Å². The van der Waals surface area contributed by atoms with Gasteiger partial charge in [0.25, 0.3) is 5.56 Å². The maximum atomic E-state index is 12.8. The van der Waals surface area contributed by atoms with E-state index in [0.29, 0.717) is 46.5 Å². The van der Waals surface area contributed by atoms with Gasteiger partial charge < -0.3 is 9.63 Å². The normalized spacial score (nSPS) is 12.0. The van der Waals surface area contributed by atoms with Gasteiger partial charge >= 0.3 is 0 Å². The first-order chi connectivity index (χ1) is 12.4. The Morgan fingerprint density at radius 1 is 1.23 bits per heavy atom. The Morgan fingerprint density at radius 3 is 2.69 bits per heavy atom. The zero-order chi connectivity index (χ0) is 18.7. The fourth-order valence-corrected chi connectivity index (χ4v) is 3.30. The number of aliphatic hydroxyl groups excluding tert-OH is 1. The molecule has 1 aromatic carbocycles. The first-order valence-corrected chi connectivity index (χ1v) is 9.45. The van der Waals surface area contributed by atoms with Crippen molar-refractivity contribution in [2.75, 3.05) is 6.61 Å². The van der Waals surface area contributed by atoms with Gasteiger partial charge in [0.05, 0.1) is 16.7 Å². The molecule has 0 spiro atoms. The highest BCUT2D eigenvalue weighted by Crippen LogP contribution is 2.24. The molecule has 0 atom stereocenters. The number of rotatable bonds is 6. The second kappa shape index (κ2) is 7.59. The maximum absolute atomic E-state index is 12.8.